The average molecular weight is 337 g/mol. The van der Waals surface area contributed by atoms with Crippen LogP contribution in [0.2, 0.25) is 0 Å². The third-order valence-electron chi connectivity index (χ3n) is 4.01. The molecule has 1 aromatic carbocycles. The molecule has 7 heteroatoms. The van der Waals surface area contributed by atoms with Crippen molar-refractivity contribution in [2.45, 2.75) is 34.6 Å². The van der Waals surface area contributed by atoms with Crippen LogP contribution >= 0.6 is 0 Å². The van der Waals surface area contributed by atoms with E-state index in [2.05, 4.69) is 50.6 Å². The zero-order valence-corrected chi connectivity index (χ0v) is 15.3. The third kappa shape index (κ3) is 3.60. The van der Waals surface area contributed by atoms with Crippen molar-refractivity contribution in [1.29, 1.82) is 0 Å². The predicted molar refractivity (Wildman–Crippen MR) is 99.8 cm³/mol. The number of nitrogens with zero attached hydrogens (tertiary/aromatic N) is 5. The fourth-order valence-corrected chi connectivity index (χ4v) is 2.59. The summed E-state index contributed by atoms with van der Waals surface area (Å²) in [7, 11) is 0. The van der Waals surface area contributed by atoms with E-state index in [1.54, 1.807) is 4.68 Å². The second kappa shape index (κ2) is 6.88. The van der Waals surface area contributed by atoms with Crippen molar-refractivity contribution in [2.75, 3.05) is 17.2 Å². The SMILES string of the molecule is CCNc1nc(Nc2cccc(C)c2C)nc(-n2nc(C)cc2C)n1. The molecule has 0 fully saturated rings. The Morgan fingerprint density at radius 3 is 2.44 bits per heavy atom. The lowest BCUT2D eigenvalue weighted by atomic mass is 10.1. The largest absolute Gasteiger partial charge is 0.354 e. The second-order valence-electron chi connectivity index (χ2n) is 6.02. The molecule has 2 aromatic heterocycles. The van der Waals surface area contributed by atoms with Crippen molar-refractivity contribution < 1.29 is 0 Å². The Labute approximate surface area is 147 Å². The molecule has 0 aliphatic carbocycles. The van der Waals surface area contributed by atoms with Gasteiger partial charge in [0.1, 0.15) is 0 Å². The number of hydrogen-bond acceptors (Lipinski definition) is 6. The van der Waals surface area contributed by atoms with Gasteiger partial charge < -0.3 is 10.6 Å². The first-order valence-electron chi connectivity index (χ1n) is 8.34. The van der Waals surface area contributed by atoms with Crippen LogP contribution in [0.5, 0.6) is 0 Å². The number of aryl methyl sites for hydroxylation is 3. The molecular weight excluding hydrogens is 314 g/mol. The summed E-state index contributed by atoms with van der Waals surface area (Å²) < 4.78 is 1.73. The molecule has 3 aromatic rings. The molecule has 0 saturated heterocycles. The maximum Gasteiger partial charge on any atom is 0.257 e. The van der Waals surface area contributed by atoms with E-state index in [0.717, 1.165) is 23.6 Å². The van der Waals surface area contributed by atoms with Crippen LogP contribution in [0, 0.1) is 27.7 Å². The first-order chi connectivity index (χ1) is 12.0. The van der Waals surface area contributed by atoms with Gasteiger partial charge in [-0.3, -0.25) is 0 Å². The molecule has 25 heavy (non-hydrogen) atoms. The van der Waals surface area contributed by atoms with Crippen molar-refractivity contribution >= 4 is 17.6 Å². The Morgan fingerprint density at radius 1 is 1.00 bits per heavy atom. The second-order valence-corrected chi connectivity index (χ2v) is 6.02. The van der Waals surface area contributed by atoms with E-state index in [-0.39, 0.29) is 0 Å². The van der Waals surface area contributed by atoms with Crippen LogP contribution in [-0.4, -0.2) is 31.3 Å². The summed E-state index contributed by atoms with van der Waals surface area (Å²) in [5.74, 6) is 1.50. The normalized spacial score (nSPS) is 10.8. The van der Waals surface area contributed by atoms with Gasteiger partial charge in [-0.25, -0.2) is 4.68 Å². The van der Waals surface area contributed by atoms with Gasteiger partial charge in [0.2, 0.25) is 11.9 Å². The van der Waals surface area contributed by atoms with Crippen LogP contribution < -0.4 is 10.6 Å². The standard InChI is InChI=1S/C18H23N7/c1-6-19-16-21-17(20-15-9-7-8-11(2)14(15)5)23-18(22-16)25-13(4)10-12(3)24-25/h7-10H,6H2,1-5H3,(H2,19,20,21,22,23). The summed E-state index contributed by atoms with van der Waals surface area (Å²) >= 11 is 0. The minimum absolute atomic E-state index is 0.488. The summed E-state index contributed by atoms with van der Waals surface area (Å²) in [6.07, 6.45) is 0. The zero-order chi connectivity index (χ0) is 18.0. The fourth-order valence-electron chi connectivity index (χ4n) is 2.59. The van der Waals surface area contributed by atoms with Crippen molar-refractivity contribution in [1.82, 2.24) is 24.7 Å². The first kappa shape index (κ1) is 16.9. The minimum atomic E-state index is 0.488. The smallest absolute Gasteiger partial charge is 0.257 e. The monoisotopic (exact) mass is 337 g/mol. The van der Waals surface area contributed by atoms with Gasteiger partial charge in [-0.05, 0) is 57.9 Å². The quantitative estimate of drug-likeness (QED) is 0.742. The summed E-state index contributed by atoms with van der Waals surface area (Å²) in [5, 5.41) is 10.9. The number of aromatic nitrogens is 5. The van der Waals surface area contributed by atoms with E-state index in [0.29, 0.717) is 17.8 Å². The number of nitrogens with one attached hydrogen (secondary N) is 2. The molecule has 0 aliphatic heterocycles. The molecule has 0 amide bonds. The molecule has 0 bridgehead atoms. The lowest BCUT2D eigenvalue weighted by Crippen LogP contribution is -2.12. The van der Waals surface area contributed by atoms with Gasteiger partial charge in [-0.1, -0.05) is 12.1 Å². The highest BCUT2D eigenvalue weighted by molar-refractivity contribution is 5.60. The highest BCUT2D eigenvalue weighted by Gasteiger charge is 2.12. The molecule has 0 radical (unpaired) electrons. The van der Waals surface area contributed by atoms with E-state index < -0.39 is 0 Å². The predicted octanol–water partition coefficient (Wildman–Crippen LogP) is 3.47. The van der Waals surface area contributed by atoms with Crippen LogP contribution in [0.3, 0.4) is 0 Å². The van der Waals surface area contributed by atoms with E-state index in [1.807, 2.05) is 39.0 Å². The zero-order valence-electron chi connectivity index (χ0n) is 15.3. The molecule has 0 atom stereocenters. The van der Waals surface area contributed by atoms with Crippen LogP contribution in [0.15, 0.2) is 24.3 Å². The molecule has 3 rings (SSSR count). The molecule has 0 saturated carbocycles. The highest BCUT2D eigenvalue weighted by atomic mass is 15.4. The van der Waals surface area contributed by atoms with Gasteiger partial charge in [0.05, 0.1) is 5.69 Å². The maximum absolute atomic E-state index is 4.55. The van der Waals surface area contributed by atoms with E-state index >= 15 is 0 Å². The average Bonchev–Trinajstić information content (AvgIpc) is 2.90. The number of benzene rings is 1. The molecule has 130 valence electrons. The van der Waals surface area contributed by atoms with Crippen molar-refractivity contribution in [3.63, 3.8) is 0 Å². The minimum Gasteiger partial charge on any atom is -0.354 e. The summed E-state index contributed by atoms with van der Waals surface area (Å²) in [6.45, 7) is 10.8. The number of rotatable bonds is 5. The molecular formula is C18H23N7. The van der Waals surface area contributed by atoms with Crippen molar-refractivity contribution in [3.8, 4) is 5.95 Å². The molecule has 0 aliphatic rings. The third-order valence-corrected chi connectivity index (χ3v) is 4.01. The maximum atomic E-state index is 4.55. The molecule has 0 spiro atoms. The Balaban J connectivity index is 2.04. The van der Waals surface area contributed by atoms with E-state index in [1.165, 1.54) is 11.1 Å². The van der Waals surface area contributed by atoms with E-state index in [4.69, 9.17) is 0 Å². The van der Waals surface area contributed by atoms with Gasteiger partial charge in [-0.2, -0.15) is 20.1 Å². The number of hydrogen-bond donors (Lipinski definition) is 2. The van der Waals surface area contributed by atoms with Crippen molar-refractivity contribution in [3.05, 3.63) is 46.8 Å². The summed E-state index contributed by atoms with van der Waals surface area (Å²) in [4.78, 5) is 13.5. The Hall–Kier alpha value is -2.96. The Kier molecular flexibility index (Phi) is 4.65. The Bertz CT molecular complexity index is 898. The highest BCUT2D eigenvalue weighted by Crippen LogP contribution is 2.22. The van der Waals surface area contributed by atoms with Crippen molar-refractivity contribution in [2.24, 2.45) is 0 Å². The lowest BCUT2D eigenvalue weighted by Gasteiger charge is -2.12. The molecule has 2 N–H and O–H groups in total. The molecule has 7 nitrogen and oxygen atoms in total. The number of anilines is 3. The van der Waals surface area contributed by atoms with Crippen LogP contribution in [0.4, 0.5) is 17.6 Å². The van der Waals surface area contributed by atoms with Gasteiger partial charge >= 0.3 is 0 Å². The van der Waals surface area contributed by atoms with Gasteiger partial charge in [0, 0.05) is 17.9 Å². The Morgan fingerprint density at radius 2 is 1.76 bits per heavy atom. The van der Waals surface area contributed by atoms with Crippen LogP contribution in [0.1, 0.15) is 29.4 Å². The summed E-state index contributed by atoms with van der Waals surface area (Å²) in [5.41, 5.74) is 5.26. The van der Waals surface area contributed by atoms with Gasteiger partial charge in [-0.15, -0.1) is 0 Å². The molecule has 0 unspecified atom stereocenters. The van der Waals surface area contributed by atoms with E-state index in [9.17, 15) is 0 Å². The van der Waals surface area contributed by atoms with Gasteiger partial charge in [0.25, 0.3) is 5.95 Å². The fraction of sp³-hybridized carbons (Fsp3) is 0.333. The van der Waals surface area contributed by atoms with Gasteiger partial charge in [0.15, 0.2) is 0 Å². The topological polar surface area (TPSA) is 80.5 Å². The van der Waals surface area contributed by atoms with Crippen LogP contribution in [-0.2, 0) is 0 Å². The lowest BCUT2D eigenvalue weighted by molar-refractivity contribution is 0.767. The molecule has 2 heterocycles. The first-order valence-corrected chi connectivity index (χ1v) is 8.34. The summed E-state index contributed by atoms with van der Waals surface area (Å²) in [6, 6.07) is 8.11. The van der Waals surface area contributed by atoms with Crippen LogP contribution in [0.25, 0.3) is 5.95 Å².